The molecule has 2 aliphatic rings. The molecule has 0 aromatic heterocycles. The van der Waals surface area contributed by atoms with Crippen LogP contribution < -0.4 is 5.32 Å². The Labute approximate surface area is 214 Å². The van der Waals surface area contributed by atoms with Crippen LogP contribution in [0.4, 0.5) is 13.6 Å². The fourth-order valence-corrected chi connectivity index (χ4v) is 4.62. The van der Waals surface area contributed by atoms with Gasteiger partial charge in [0.2, 0.25) is 0 Å². The van der Waals surface area contributed by atoms with Gasteiger partial charge in [0.15, 0.2) is 12.3 Å². The quantitative estimate of drug-likeness (QED) is 0.235. The van der Waals surface area contributed by atoms with Crippen molar-refractivity contribution in [1.82, 2.24) is 10.2 Å². The van der Waals surface area contributed by atoms with Crippen LogP contribution in [-0.2, 0) is 23.8 Å². The van der Waals surface area contributed by atoms with Gasteiger partial charge in [-0.05, 0) is 11.1 Å². The summed E-state index contributed by atoms with van der Waals surface area (Å²) in [5, 5.41) is 0.955. The number of amides is 2. The molecule has 2 aliphatic heterocycles. The number of nitrogens with zero attached hydrogens (tertiary/aromatic N) is 1. The number of carbonyl (C=O) groups excluding carboxylic acids is 3. The van der Waals surface area contributed by atoms with Crippen molar-refractivity contribution in [3.8, 4) is 0 Å². The Hall–Kier alpha value is -2.99. The van der Waals surface area contributed by atoms with E-state index in [2.05, 4.69) is 5.32 Å². The van der Waals surface area contributed by atoms with Crippen molar-refractivity contribution in [1.29, 1.82) is 0 Å². The van der Waals surface area contributed by atoms with Crippen molar-refractivity contribution in [2.75, 3.05) is 19.6 Å². The number of alkyl halides is 3. The van der Waals surface area contributed by atoms with E-state index in [0.29, 0.717) is 11.1 Å². The molecule has 2 aromatic rings. The van der Waals surface area contributed by atoms with Gasteiger partial charge in [-0.2, -0.15) is 8.78 Å². The molecule has 1 saturated heterocycles. The smallest absolute Gasteiger partial charge is 0.356 e. The third-order valence-corrected chi connectivity index (χ3v) is 6.52. The first-order chi connectivity index (χ1) is 17.3. The lowest BCUT2D eigenvalue weighted by Gasteiger charge is -2.55. The molecule has 0 aliphatic carbocycles. The van der Waals surface area contributed by atoms with Gasteiger partial charge in [0, 0.05) is 30.3 Å². The van der Waals surface area contributed by atoms with Gasteiger partial charge in [0.25, 0.3) is 22.6 Å². The van der Waals surface area contributed by atoms with E-state index in [4.69, 9.17) is 25.8 Å². The summed E-state index contributed by atoms with van der Waals surface area (Å²) < 4.78 is 42.0. The van der Waals surface area contributed by atoms with Crippen LogP contribution in [0.15, 0.2) is 71.9 Å². The molecule has 0 saturated carbocycles. The van der Waals surface area contributed by atoms with E-state index in [9.17, 15) is 23.2 Å². The lowest BCUT2D eigenvalue weighted by molar-refractivity contribution is -0.255. The number of fused-ring (bicyclic) bond motifs is 1. The van der Waals surface area contributed by atoms with Gasteiger partial charge < -0.3 is 19.5 Å². The second kappa shape index (κ2) is 11.0. The molecule has 2 aromatic carbocycles. The van der Waals surface area contributed by atoms with Crippen LogP contribution in [0.25, 0.3) is 0 Å². The molecule has 1 fully saturated rings. The summed E-state index contributed by atoms with van der Waals surface area (Å²) in [4.78, 5) is 39.6. The molecule has 2 unspecified atom stereocenters. The predicted octanol–water partition coefficient (Wildman–Crippen LogP) is 4.02. The normalized spacial score (nSPS) is 21.3. The average Bonchev–Trinajstić information content (AvgIpc) is 2.89. The molecule has 8 nitrogen and oxygen atoms in total. The fourth-order valence-electron chi connectivity index (χ4n) is 4.04. The highest BCUT2D eigenvalue weighted by Gasteiger charge is 2.67. The fraction of sp³-hybridized carbons (Fsp3) is 0.292. The van der Waals surface area contributed by atoms with E-state index >= 15 is 0 Å². The number of hydrogen-bond acceptors (Lipinski definition) is 7. The lowest BCUT2D eigenvalue weighted by Crippen LogP contribution is -2.82. The van der Waals surface area contributed by atoms with Crippen LogP contribution in [-0.4, -0.2) is 59.3 Å². The lowest BCUT2D eigenvalue weighted by atomic mass is 9.94. The molecule has 2 amide bonds. The molecule has 12 heteroatoms. The van der Waals surface area contributed by atoms with Gasteiger partial charge in [-0.3, -0.25) is 14.5 Å². The van der Waals surface area contributed by atoms with Crippen molar-refractivity contribution in [3.63, 3.8) is 0 Å². The number of ether oxygens (including phenoxy) is 3. The van der Waals surface area contributed by atoms with Crippen molar-refractivity contribution in [2.45, 2.75) is 23.8 Å². The van der Waals surface area contributed by atoms with E-state index in [1.165, 1.54) is 0 Å². The number of thioether (sulfide) groups is 1. The Bertz CT molecular complexity index is 1130. The van der Waals surface area contributed by atoms with Gasteiger partial charge in [-0.1, -0.05) is 60.7 Å². The van der Waals surface area contributed by atoms with Crippen molar-refractivity contribution in [3.05, 3.63) is 83.1 Å². The Morgan fingerprint density at radius 3 is 2.25 bits per heavy atom. The van der Waals surface area contributed by atoms with Crippen molar-refractivity contribution < 1.29 is 37.4 Å². The van der Waals surface area contributed by atoms with Crippen molar-refractivity contribution >= 4 is 40.5 Å². The molecule has 1 N–H and O–H groups in total. The zero-order valence-corrected chi connectivity index (χ0v) is 20.4. The van der Waals surface area contributed by atoms with E-state index in [1.807, 2.05) is 12.1 Å². The van der Waals surface area contributed by atoms with Gasteiger partial charge >= 0.3 is 5.97 Å². The first kappa shape index (κ1) is 26.1. The SMILES string of the molecule is COC1(NC(=O)SC(F)F)C(=O)N2C(C(=O)OC(c3ccccc3)c3ccccc3)=C(CCl)COC21. The number of rotatable bonds is 8. The number of benzene rings is 2. The molecular weight excluding hydrogens is 518 g/mol. The molecule has 4 rings (SSSR count). The van der Waals surface area contributed by atoms with E-state index in [0.717, 1.165) is 12.0 Å². The van der Waals surface area contributed by atoms with E-state index in [-0.39, 0.29) is 35.5 Å². The number of halogens is 3. The monoisotopic (exact) mass is 538 g/mol. The highest BCUT2D eigenvalue weighted by Crippen LogP contribution is 2.42. The third-order valence-electron chi connectivity index (χ3n) is 5.70. The summed E-state index contributed by atoms with van der Waals surface area (Å²) in [6.45, 7) is -0.174. The summed E-state index contributed by atoms with van der Waals surface area (Å²) in [6, 6.07) is 18.1. The minimum Gasteiger partial charge on any atom is -0.448 e. The van der Waals surface area contributed by atoms with Crippen LogP contribution in [0.1, 0.15) is 17.2 Å². The molecule has 36 heavy (non-hydrogen) atoms. The first-order valence-electron chi connectivity index (χ1n) is 10.7. The molecule has 2 atom stereocenters. The molecular formula is C24H21ClF2N2O6S. The zero-order valence-electron chi connectivity index (χ0n) is 18.9. The Kier molecular flexibility index (Phi) is 7.94. The Balaban J connectivity index is 1.64. The number of hydrogen-bond donors (Lipinski definition) is 1. The number of carbonyl (C=O) groups is 3. The maximum atomic E-state index is 13.5. The van der Waals surface area contributed by atoms with Crippen LogP contribution in [0.5, 0.6) is 0 Å². The maximum Gasteiger partial charge on any atom is 0.356 e. The van der Waals surface area contributed by atoms with Gasteiger partial charge in [0.05, 0.1) is 6.61 Å². The minimum atomic E-state index is -3.00. The Morgan fingerprint density at radius 1 is 1.17 bits per heavy atom. The number of β-lactam (4-membered cyclic amide) rings is 1. The highest BCUT2D eigenvalue weighted by atomic mass is 35.5. The highest BCUT2D eigenvalue weighted by molar-refractivity contribution is 8.13. The molecule has 0 bridgehead atoms. The molecule has 0 spiro atoms. The molecule has 190 valence electrons. The van der Waals surface area contributed by atoms with Gasteiger partial charge in [-0.25, -0.2) is 4.79 Å². The maximum absolute atomic E-state index is 13.5. The third kappa shape index (κ3) is 4.83. The van der Waals surface area contributed by atoms with Crippen LogP contribution in [0.3, 0.4) is 0 Å². The van der Waals surface area contributed by atoms with Crippen LogP contribution in [0.2, 0.25) is 0 Å². The van der Waals surface area contributed by atoms with Crippen LogP contribution in [0, 0.1) is 0 Å². The zero-order chi connectivity index (χ0) is 25.9. The summed E-state index contributed by atoms with van der Waals surface area (Å²) in [6.07, 6.45) is -2.09. The standard InChI is InChI=1S/C24H21ClF2N2O6S/c1-33-24(28-23(32)36-22(26)27)20(31)29-17(16(12-25)13-34-21(24)29)19(30)35-18(14-8-4-2-5-9-14)15-10-6-3-7-11-15/h2-11,18,21-22H,12-13H2,1H3,(H,28,32). The topological polar surface area (TPSA) is 94.2 Å². The summed E-state index contributed by atoms with van der Waals surface area (Å²) in [7, 11) is 1.12. The summed E-state index contributed by atoms with van der Waals surface area (Å²) in [5.41, 5.74) is -0.548. The van der Waals surface area contributed by atoms with Gasteiger partial charge in [0.1, 0.15) is 5.70 Å². The number of nitrogens with one attached hydrogen (secondary N) is 1. The van der Waals surface area contributed by atoms with E-state index < -0.39 is 40.9 Å². The summed E-state index contributed by atoms with van der Waals surface area (Å²) >= 11 is 5.74. The predicted molar refractivity (Wildman–Crippen MR) is 127 cm³/mol. The second-order valence-electron chi connectivity index (χ2n) is 7.76. The number of methoxy groups -OCH3 is 1. The number of esters is 1. The van der Waals surface area contributed by atoms with Gasteiger partial charge in [-0.15, -0.1) is 11.6 Å². The molecule has 0 radical (unpaired) electrons. The molecule has 2 heterocycles. The first-order valence-corrected chi connectivity index (χ1v) is 12.1. The largest absolute Gasteiger partial charge is 0.448 e. The van der Waals surface area contributed by atoms with E-state index in [1.54, 1.807) is 48.5 Å². The van der Waals surface area contributed by atoms with Crippen LogP contribution >= 0.6 is 23.4 Å². The van der Waals surface area contributed by atoms with Crippen molar-refractivity contribution in [2.24, 2.45) is 0 Å². The minimum absolute atomic E-state index is 0.143. The average molecular weight is 539 g/mol. The summed E-state index contributed by atoms with van der Waals surface area (Å²) in [5.74, 6) is -4.87. The second-order valence-corrected chi connectivity index (χ2v) is 8.99. The Morgan fingerprint density at radius 2 is 1.75 bits per heavy atom.